The van der Waals surface area contributed by atoms with Gasteiger partial charge in [0, 0.05) is 50.0 Å². The van der Waals surface area contributed by atoms with Crippen molar-refractivity contribution in [3.8, 4) is 0 Å². The molecule has 5 rings (SSSR count). The van der Waals surface area contributed by atoms with Gasteiger partial charge in [0.25, 0.3) is 0 Å². The molecule has 0 saturated carbocycles. The molecule has 0 aliphatic carbocycles. The third-order valence-electron chi connectivity index (χ3n) is 7.75. The predicted octanol–water partition coefficient (Wildman–Crippen LogP) is 3.79. The number of pyridine rings is 1. The van der Waals surface area contributed by atoms with E-state index in [-0.39, 0.29) is 12.3 Å². The number of benzene rings is 1. The summed E-state index contributed by atoms with van der Waals surface area (Å²) in [6, 6.07) is 12.9. The van der Waals surface area contributed by atoms with Crippen molar-refractivity contribution in [2.24, 2.45) is 5.92 Å². The lowest BCUT2D eigenvalue weighted by atomic mass is 9.94. The van der Waals surface area contributed by atoms with Gasteiger partial charge in [0.1, 0.15) is 5.82 Å². The van der Waals surface area contributed by atoms with Crippen molar-refractivity contribution < 1.29 is 14.6 Å². The van der Waals surface area contributed by atoms with Crippen LogP contribution in [0.5, 0.6) is 0 Å². The van der Waals surface area contributed by atoms with Gasteiger partial charge in [-0.05, 0) is 73.9 Å². The van der Waals surface area contributed by atoms with Crippen molar-refractivity contribution in [3.63, 3.8) is 0 Å². The van der Waals surface area contributed by atoms with Gasteiger partial charge in [0.15, 0.2) is 0 Å². The van der Waals surface area contributed by atoms with E-state index in [1.165, 1.54) is 29.8 Å². The van der Waals surface area contributed by atoms with Crippen molar-refractivity contribution in [2.45, 2.75) is 44.4 Å². The molecule has 7 nitrogen and oxygen atoms in total. The van der Waals surface area contributed by atoms with Gasteiger partial charge in [-0.25, -0.2) is 4.98 Å². The Balaban J connectivity index is 1.17. The molecule has 4 heterocycles. The normalized spacial score (nSPS) is 21.4. The number of aromatic nitrogens is 1. The number of nitrogens with one attached hydrogen (secondary N) is 1. The quantitative estimate of drug-likeness (QED) is 0.568. The summed E-state index contributed by atoms with van der Waals surface area (Å²) in [5.41, 5.74) is 4.83. The molecule has 3 aliphatic rings. The molecule has 2 aromatic rings. The molecule has 1 aromatic heterocycles. The summed E-state index contributed by atoms with van der Waals surface area (Å²) < 4.78 is 5.49. The Morgan fingerprint density at radius 1 is 1.20 bits per heavy atom. The predicted molar refractivity (Wildman–Crippen MR) is 138 cm³/mol. The molecule has 2 fully saturated rings. The maximum atomic E-state index is 11.7. The molecule has 0 spiro atoms. The molecule has 7 heteroatoms. The van der Waals surface area contributed by atoms with E-state index in [0.29, 0.717) is 5.92 Å². The summed E-state index contributed by atoms with van der Waals surface area (Å²) in [5.74, 6) is 0.999. The second-order valence-electron chi connectivity index (χ2n) is 10.3. The first-order valence-electron chi connectivity index (χ1n) is 13.2. The molecule has 0 unspecified atom stereocenters. The first-order chi connectivity index (χ1) is 17.1. The van der Waals surface area contributed by atoms with Crippen molar-refractivity contribution in [3.05, 3.63) is 53.2 Å². The number of aliphatic carboxylic acids is 1. The van der Waals surface area contributed by atoms with Crippen LogP contribution in [0.25, 0.3) is 0 Å². The van der Waals surface area contributed by atoms with E-state index in [1.54, 1.807) is 0 Å². The van der Waals surface area contributed by atoms with Crippen LogP contribution >= 0.6 is 0 Å². The van der Waals surface area contributed by atoms with E-state index < -0.39 is 5.97 Å². The zero-order chi connectivity index (χ0) is 24.0. The minimum absolute atomic E-state index is 0.000581. The number of carboxylic acids is 1. The summed E-state index contributed by atoms with van der Waals surface area (Å²) in [7, 11) is 0. The van der Waals surface area contributed by atoms with Gasteiger partial charge in [-0.1, -0.05) is 18.2 Å². The van der Waals surface area contributed by atoms with Crippen LogP contribution in [0.2, 0.25) is 0 Å². The highest BCUT2D eigenvalue weighted by Gasteiger charge is 2.27. The third-order valence-corrected chi connectivity index (χ3v) is 7.75. The molecule has 1 aromatic carbocycles. The second kappa shape index (κ2) is 11.4. The lowest BCUT2D eigenvalue weighted by molar-refractivity contribution is -0.137. The average molecular weight is 479 g/mol. The number of rotatable bonds is 9. The molecular weight excluding hydrogens is 440 g/mol. The first kappa shape index (κ1) is 24.1. The van der Waals surface area contributed by atoms with E-state index in [4.69, 9.17) is 9.72 Å². The monoisotopic (exact) mass is 478 g/mol. The maximum Gasteiger partial charge on any atom is 0.304 e. The zero-order valence-corrected chi connectivity index (χ0v) is 20.6. The van der Waals surface area contributed by atoms with Crippen molar-refractivity contribution >= 4 is 17.5 Å². The first-order valence-corrected chi connectivity index (χ1v) is 13.2. The Morgan fingerprint density at radius 2 is 2.09 bits per heavy atom. The third kappa shape index (κ3) is 6.33. The number of likely N-dealkylation sites (tertiary alicyclic amines) is 1. The van der Waals surface area contributed by atoms with Crippen molar-refractivity contribution in [1.82, 2.24) is 9.88 Å². The van der Waals surface area contributed by atoms with Crippen LogP contribution in [0.15, 0.2) is 36.4 Å². The number of carbonyl (C=O) groups is 1. The van der Waals surface area contributed by atoms with Crippen LogP contribution < -0.4 is 10.2 Å². The van der Waals surface area contributed by atoms with Gasteiger partial charge in [-0.2, -0.15) is 0 Å². The van der Waals surface area contributed by atoms with Crippen LogP contribution in [0.4, 0.5) is 11.5 Å². The van der Waals surface area contributed by atoms with E-state index in [2.05, 4.69) is 51.5 Å². The zero-order valence-electron chi connectivity index (χ0n) is 20.6. The molecule has 3 aliphatic heterocycles. The fourth-order valence-corrected chi connectivity index (χ4v) is 5.78. The van der Waals surface area contributed by atoms with Gasteiger partial charge in [-0.3, -0.25) is 4.79 Å². The lowest BCUT2D eigenvalue weighted by Crippen LogP contribution is -2.36. The van der Waals surface area contributed by atoms with Crippen LogP contribution in [-0.2, 0) is 22.4 Å². The molecule has 2 N–H and O–H groups in total. The van der Waals surface area contributed by atoms with Gasteiger partial charge < -0.3 is 25.0 Å². The number of hydrogen-bond donors (Lipinski definition) is 2. The van der Waals surface area contributed by atoms with Gasteiger partial charge in [0.2, 0.25) is 0 Å². The Bertz CT molecular complexity index is 1010. The smallest absolute Gasteiger partial charge is 0.304 e. The molecule has 0 bridgehead atoms. The highest BCUT2D eigenvalue weighted by atomic mass is 16.5. The molecule has 2 saturated heterocycles. The maximum absolute atomic E-state index is 11.7. The minimum atomic E-state index is -0.727. The Kier molecular flexibility index (Phi) is 7.84. The number of hydrogen-bond acceptors (Lipinski definition) is 6. The lowest BCUT2D eigenvalue weighted by Gasteiger charge is -2.30. The van der Waals surface area contributed by atoms with Crippen LogP contribution in [0.1, 0.15) is 48.4 Å². The number of anilines is 2. The Hall–Kier alpha value is -2.64. The van der Waals surface area contributed by atoms with E-state index in [9.17, 15) is 9.90 Å². The number of nitrogens with zero attached hydrogens (tertiary/aromatic N) is 3. The molecule has 0 amide bonds. The number of aryl methyl sites for hydroxylation is 2. The number of fused-ring (bicyclic) bond motifs is 1. The van der Waals surface area contributed by atoms with Crippen LogP contribution in [0, 0.1) is 5.92 Å². The SMILES string of the molecule is O=C(O)C[C@@H](CN1CC[C@@H](CCc2ccc3c(n2)NCCC3)C1)c1cccc(N2CCOCC2)c1. The summed E-state index contributed by atoms with van der Waals surface area (Å²) in [6.45, 7) is 7.17. The molecular formula is C28H38N4O3. The van der Waals surface area contributed by atoms with Gasteiger partial charge in [-0.15, -0.1) is 0 Å². The van der Waals surface area contributed by atoms with Crippen molar-refractivity contribution in [1.29, 1.82) is 0 Å². The highest BCUT2D eigenvalue weighted by molar-refractivity contribution is 5.68. The Labute approximate surface area is 208 Å². The topological polar surface area (TPSA) is 77.9 Å². The molecule has 2 atom stereocenters. The summed E-state index contributed by atoms with van der Waals surface area (Å²) >= 11 is 0. The van der Waals surface area contributed by atoms with Crippen molar-refractivity contribution in [2.75, 3.05) is 62.7 Å². The standard InChI is InChI=1S/C28H38N4O3/c33-27(34)18-24(23-3-1-5-26(17-23)32-13-15-35-16-14-32)20-31-12-10-21(19-31)6-8-25-9-7-22-4-2-11-29-28(22)30-25/h1,3,5,7,9,17,21,24H,2,4,6,8,10-16,18-20H2,(H,29,30)(H,33,34)/t21-,24+/m1/s1. The van der Waals surface area contributed by atoms with Gasteiger partial charge in [0.05, 0.1) is 19.6 Å². The highest BCUT2D eigenvalue weighted by Crippen LogP contribution is 2.30. The summed E-state index contributed by atoms with van der Waals surface area (Å²) in [4.78, 5) is 21.4. The van der Waals surface area contributed by atoms with E-state index >= 15 is 0 Å². The van der Waals surface area contributed by atoms with Crippen LogP contribution in [-0.4, -0.2) is 73.4 Å². The minimum Gasteiger partial charge on any atom is -0.481 e. The van der Waals surface area contributed by atoms with E-state index in [0.717, 1.165) is 83.1 Å². The average Bonchev–Trinajstić information content (AvgIpc) is 3.34. The second-order valence-corrected chi connectivity index (χ2v) is 10.3. The summed E-state index contributed by atoms with van der Waals surface area (Å²) in [5, 5.41) is 13.1. The number of morpholine rings is 1. The molecule has 188 valence electrons. The summed E-state index contributed by atoms with van der Waals surface area (Å²) in [6.07, 6.45) is 5.80. The van der Waals surface area contributed by atoms with Crippen LogP contribution in [0.3, 0.4) is 0 Å². The molecule has 0 radical (unpaired) electrons. The molecule has 35 heavy (non-hydrogen) atoms. The fourth-order valence-electron chi connectivity index (χ4n) is 5.78. The number of ether oxygens (including phenoxy) is 1. The van der Waals surface area contributed by atoms with Gasteiger partial charge >= 0.3 is 5.97 Å². The largest absolute Gasteiger partial charge is 0.481 e. The number of carboxylic acid groups (broad SMARTS) is 1. The van der Waals surface area contributed by atoms with E-state index in [1.807, 2.05) is 0 Å². The fraction of sp³-hybridized carbons (Fsp3) is 0.571. The Morgan fingerprint density at radius 3 is 2.94 bits per heavy atom.